The van der Waals surface area contributed by atoms with Gasteiger partial charge < -0.3 is 20.3 Å². The number of rotatable bonds is 7. The lowest BCUT2D eigenvalue weighted by Crippen LogP contribution is -2.47. The first kappa shape index (κ1) is 22.6. The fraction of sp³-hybridized carbons (Fsp3) is 0.417. The number of hydrogen-bond donors (Lipinski definition) is 2. The number of carbonyl (C=O) groups is 2. The average molecular weight is 425 g/mol. The Balaban J connectivity index is 1.34. The van der Waals surface area contributed by atoms with Crippen LogP contribution >= 0.6 is 0 Å². The molecule has 1 fully saturated rings. The van der Waals surface area contributed by atoms with Gasteiger partial charge in [0.15, 0.2) is 0 Å². The summed E-state index contributed by atoms with van der Waals surface area (Å²) in [5.74, 6) is -0.343. The van der Waals surface area contributed by atoms with Crippen molar-refractivity contribution in [3.63, 3.8) is 0 Å². The summed E-state index contributed by atoms with van der Waals surface area (Å²) in [7, 11) is 1.67. The van der Waals surface area contributed by atoms with E-state index in [1.165, 1.54) is 5.69 Å². The first-order valence-electron chi connectivity index (χ1n) is 10.7. The van der Waals surface area contributed by atoms with Crippen molar-refractivity contribution < 1.29 is 14.3 Å². The van der Waals surface area contributed by atoms with Crippen molar-refractivity contribution in [1.29, 1.82) is 0 Å². The number of anilines is 2. The fourth-order valence-corrected chi connectivity index (χ4v) is 3.79. The van der Waals surface area contributed by atoms with Gasteiger partial charge in [-0.2, -0.15) is 0 Å². The molecule has 7 nitrogen and oxygen atoms in total. The van der Waals surface area contributed by atoms with Crippen molar-refractivity contribution in [3.8, 4) is 5.75 Å². The minimum absolute atomic E-state index is 0.484. The molecular formula is C24H32N4O3. The number of benzene rings is 2. The smallest absolute Gasteiger partial charge is 0.313 e. The molecule has 3 rings (SSSR count). The highest BCUT2D eigenvalue weighted by Crippen LogP contribution is 2.21. The number of carbonyl (C=O) groups excluding carboxylic acids is 2. The van der Waals surface area contributed by atoms with Gasteiger partial charge in [-0.15, -0.1) is 0 Å². The zero-order valence-electron chi connectivity index (χ0n) is 18.6. The third-order valence-electron chi connectivity index (χ3n) is 5.67. The van der Waals surface area contributed by atoms with Gasteiger partial charge in [0.05, 0.1) is 7.11 Å². The lowest BCUT2D eigenvalue weighted by molar-refractivity contribution is -0.136. The highest BCUT2D eigenvalue weighted by molar-refractivity contribution is 6.39. The molecule has 0 unspecified atom stereocenters. The third-order valence-corrected chi connectivity index (χ3v) is 5.67. The van der Waals surface area contributed by atoms with Crippen LogP contribution in [0.15, 0.2) is 42.5 Å². The zero-order valence-corrected chi connectivity index (χ0v) is 18.6. The van der Waals surface area contributed by atoms with Gasteiger partial charge in [-0.05, 0) is 62.2 Å². The van der Waals surface area contributed by atoms with Crippen molar-refractivity contribution in [2.24, 2.45) is 0 Å². The SMILES string of the molecule is COc1ccc(N2CCN(CCCNC(=O)C(=O)Nc3c(C)cccc3C)CC2)cc1. The van der Waals surface area contributed by atoms with E-state index < -0.39 is 11.8 Å². The maximum atomic E-state index is 12.2. The monoisotopic (exact) mass is 424 g/mol. The number of piperazine rings is 1. The van der Waals surface area contributed by atoms with Crippen LogP contribution in [0.2, 0.25) is 0 Å². The predicted octanol–water partition coefficient (Wildman–Crippen LogP) is 2.58. The Kier molecular flexibility index (Phi) is 7.89. The minimum Gasteiger partial charge on any atom is -0.497 e. The predicted molar refractivity (Wildman–Crippen MR) is 124 cm³/mol. The molecule has 1 saturated heterocycles. The zero-order chi connectivity index (χ0) is 22.2. The molecule has 0 aliphatic carbocycles. The molecule has 1 heterocycles. The van der Waals surface area contributed by atoms with E-state index in [1.54, 1.807) is 7.11 Å². The van der Waals surface area contributed by atoms with Crippen molar-refractivity contribution in [3.05, 3.63) is 53.6 Å². The quantitative estimate of drug-likeness (QED) is 0.528. The summed E-state index contributed by atoms with van der Waals surface area (Å²) in [6.07, 6.45) is 0.810. The number of nitrogens with zero attached hydrogens (tertiary/aromatic N) is 2. The molecule has 2 amide bonds. The Hall–Kier alpha value is -3.06. The average Bonchev–Trinajstić information content (AvgIpc) is 2.79. The van der Waals surface area contributed by atoms with Gasteiger partial charge in [-0.3, -0.25) is 14.5 Å². The Morgan fingerprint density at radius 2 is 1.58 bits per heavy atom. The van der Waals surface area contributed by atoms with Crippen LogP contribution in [0, 0.1) is 13.8 Å². The Bertz CT molecular complexity index is 870. The van der Waals surface area contributed by atoms with Gasteiger partial charge in [-0.25, -0.2) is 0 Å². The number of ether oxygens (including phenoxy) is 1. The van der Waals surface area contributed by atoms with Gasteiger partial charge in [0.1, 0.15) is 5.75 Å². The molecule has 0 bridgehead atoms. The van der Waals surface area contributed by atoms with Crippen molar-refractivity contribution in [2.75, 3.05) is 56.6 Å². The van der Waals surface area contributed by atoms with Gasteiger partial charge in [-0.1, -0.05) is 18.2 Å². The van der Waals surface area contributed by atoms with E-state index in [0.717, 1.165) is 56.0 Å². The summed E-state index contributed by atoms with van der Waals surface area (Å²) in [5.41, 5.74) is 3.80. The van der Waals surface area contributed by atoms with E-state index in [-0.39, 0.29) is 0 Å². The molecule has 2 N–H and O–H groups in total. The maximum absolute atomic E-state index is 12.2. The largest absolute Gasteiger partial charge is 0.497 e. The molecule has 7 heteroatoms. The van der Waals surface area contributed by atoms with E-state index in [2.05, 4.69) is 32.6 Å². The third kappa shape index (κ3) is 6.21. The Morgan fingerprint density at radius 3 is 2.19 bits per heavy atom. The number of aryl methyl sites for hydroxylation is 2. The van der Waals surface area contributed by atoms with Crippen molar-refractivity contribution in [1.82, 2.24) is 10.2 Å². The molecular weight excluding hydrogens is 392 g/mol. The van der Waals surface area contributed by atoms with E-state index in [1.807, 2.05) is 44.2 Å². The highest BCUT2D eigenvalue weighted by atomic mass is 16.5. The second-order valence-corrected chi connectivity index (χ2v) is 7.86. The summed E-state index contributed by atoms with van der Waals surface area (Å²) < 4.78 is 5.22. The molecule has 1 aliphatic heterocycles. The summed E-state index contributed by atoms with van der Waals surface area (Å²) >= 11 is 0. The molecule has 166 valence electrons. The summed E-state index contributed by atoms with van der Waals surface area (Å²) in [4.78, 5) is 29.1. The van der Waals surface area contributed by atoms with Crippen LogP contribution in [0.5, 0.6) is 5.75 Å². The molecule has 31 heavy (non-hydrogen) atoms. The lowest BCUT2D eigenvalue weighted by atomic mass is 10.1. The van der Waals surface area contributed by atoms with Crippen molar-refractivity contribution in [2.45, 2.75) is 20.3 Å². The second kappa shape index (κ2) is 10.8. The van der Waals surface area contributed by atoms with E-state index >= 15 is 0 Å². The molecule has 0 aromatic heterocycles. The molecule has 0 spiro atoms. The fourth-order valence-electron chi connectivity index (χ4n) is 3.79. The Labute approximate surface area is 184 Å². The van der Waals surface area contributed by atoms with Crippen molar-refractivity contribution >= 4 is 23.2 Å². The molecule has 2 aromatic rings. The first-order chi connectivity index (χ1) is 15.0. The van der Waals surface area contributed by atoms with Crippen LogP contribution in [0.3, 0.4) is 0 Å². The normalized spacial score (nSPS) is 14.2. The maximum Gasteiger partial charge on any atom is 0.313 e. The molecule has 0 saturated carbocycles. The summed E-state index contributed by atoms with van der Waals surface area (Å²) in [6, 6.07) is 13.9. The minimum atomic E-state index is -0.620. The second-order valence-electron chi connectivity index (χ2n) is 7.86. The molecule has 0 radical (unpaired) electrons. The van der Waals surface area contributed by atoms with Crippen LogP contribution in [0.1, 0.15) is 17.5 Å². The first-order valence-corrected chi connectivity index (χ1v) is 10.7. The van der Waals surface area contributed by atoms with E-state index in [9.17, 15) is 9.59 Å². The van der Waals surface area contributed by atoms with Gasteiger partial charge in [0.2, 0.25) is 0 Å². The number of para-hydroxylation sites is 1. The van der Waals surface area contributed by atoms with Crippen LogP contribution < -0.4 is 20.3 Å². The number of hydrogen-bond acceptors (Lipinski definition) is 5. The van der Waals surface area contributed by atoms with Gasteiger partial charge in [0.25, 0.3) is 0 Å². The summed E-state index contributed by atoms with van der Waals surface area (Å²) in [5, 5.41) is 5.45. The molecule has 2 aromatic carbocycles. The van der Waals surface area contributed by atoms with Crippen LogP contribution in [-0.4, -0.2) is 63.1 Å². The van der Waals surface area contributed by atoms with Crippen LogP contribution in [0.4, 0.5) is 11.4 Å². The number of amides is 2. The standard InChI is InChI=1S/C24H32N4O3/c1-18-6-4-7-19(2)22(18)26-24(30)23(29)25-12-5-13-27-14-16-28(17-15-27)20-8-10-21(31-3)11-9-20/h4,6-11H,5,12-17H2,1-3H3,(H,25,29)(H,26,30). The van der Waals surface area contributed by atoms with E-state index in [4.69, 9.17) is 4.74 Å². The summed E-state index contributed by atoms with van der Waals surface area (Å²) in [6.45, 7) is 9.10. The van der Waals surface area contributed by atoms with E-state index in [0.29, 0.717) is 12.2 Å². The topological polar surface area (TPSA) is 73.9 Å². The Morgan fingerprint density at radius 1 is 0.935 bits per heavy atom. The number of nitrogens with one attached hydrogen (secondary N) is 2. The molecule has 0 atom stereocenters. The van der Waals surface area contributed by atoms with Gasteiger partial charge >= 0.3 is 11.8 Å². The van der Waals surface area contributed by atoms with Crippen LogP contribution in [-0.2, 0) is 9.59 Å². The van der Waals surface area contributed by atoms with Gasteiger partial charge in [0, 0.05) is 44.1 Å². The van der Waals surface area contributed by atoms with Crippen LogP contribution in [0.25, 0.3) is 0 Å². The lowest BCUT2D eigenvalue weighted by Gasteiger charge is -2.36. The molecule has 1 aliphatic rings. The number of methoxy groups -OCH3 is 1. The highest BCUT2D eigenvalue weighted by Gasteiger charge is 2.18.